The minimum Gasteiger partial charge on any atom is -0.507 e. The Labute approximate surface area is 214 Å². The van der Waals surface area contributed by atoms with Crippen molar-refractivity contribution >= 4 is 61.4 Å². The summed E-state index contributed by atoms with van der Waals surface area (Å²) < 4.78 is 0.851. The molecule has 1 aliphatic heterocycles. The van der Waals surface area contributed by atoms with Crippen molar-refractivity contribution < 1.29 is 19.6 Å². The number of amides is 1. The van der Waals surface area contributed by atoms with Gasteiger partial charge in [-0.25, -0.2) is 4.98 Å². The van der Waals surface area contributed by atoms with Crippen LogP contribution in [0.4, 0.5) is 10.8 Å². The standard InChI is InChI=1S/C26H18ClN3O5S/c1-13-11-14(2)21-19(12-13)36-26(28-21)29-22(15-5-9-18(10-6-15)30(34)35)20(24(32)25(29)33)23(31)16-3-7-17(27)8-4-16/h3-12,22,31H,1-2H3/b23-20+. The molecule has 1 unspecified atom stereocenters. The molecule has 1 N–H and O–H groups in total. The van der Waals surface area contributed by atoms with Gasteiger partial charge in [-0.05, 0) is 73.0 Å². The van der Waals surface area contributed by atoms with Gasteiger partial charge in [-0.1, -0.05) is 29.0 Å². The zero-order chi connectivity index (χ0) is 25.7. The summed E-state index contributed by atoms with van der Waals surface area (Å²) in [6, 6.07) is 14.6. The number of rotatable bonds is 4. The monoisotopic (exact) mass is 519 g/mol. The molecule has 0 bridgehead atoms. The van der Waals surface area contributed by atoms with Crippen molar-refractivity contribution in [2.45, 2.75) is 19.9 Å². The Hall–Kier alpha value is -4.08. The molecule has 180 valence electrons. The molecule has 0 radical (unpaired) electrons. The summed E-state index contributed by atoms with van der Waals surface area (Å²) in [7, 11) is 0. The summed E-state index contributed by atoms with van der Waals surface area (Å²) in [4.78, 5) is 43.2. The van der Waals surface area contributed by atoms with Gasteiger partial charge < -0.3 is 5.11 Å². The van der Waals surface area contributed by atoms with Gasteiger partial charge in [-0.2, -0.15) is 0 Å². The van der Waals surface area contributed by atoms with Crippen LogP contribution in [0.2, 0.25) is 5.02 Å². The Balaban J connectivity index is 1.73. The van der Waals surface area contributed by atoms with Gasteiger partial charge in [-0.15, -0.1) is 0 Å². The molecule has 8 nitrogen and oxygen atoms in total. The van der Waals surface area contributed by atoms with Crippen LogP contribution in [0.1, 0.15) is 28.3 Å². The minimum absolute atomic E-state index is 0.136. The molecule has 5 rings (SSSR count). The van der Waals surface area contributed by atoms with E-state index in [1.807, 2.05) is 26.0 Å². The third-order valence-corrected chi connectivity index (χ3v) is 7.26. The van der Waals surface area contributed by atoms with E-state index in [9.17, 15) is 24.8 Å². The van der Waals surface area contributed by atoms with Crippen LogP contribution >= 0.6 is 22.9 Å². The predicted molar refractivity (Wildman–Crippen MR) is 138 cm³/mol. The number of benzene rings is 3. The molecule has 0 saturated carbocycles. The van der Waals surface area contributed by atoms with E-state index in [2.05, 4.69) is 4.98 Å². The first-order chi connectivity index (χ1) is 17.2. The molecule has 1 atom stereocenters. The zero-order valence-electron chi connectivity index (χ0n) is 19.1. The molecule has 1 fully saturated rings. The largest absolute Gasteiger partial charge is 0.507 e. The highest BCUT2D eigenvalue weighted by Gasteiger charge is 2.48. The number of aromatic nitrogens is 1. The summed E-state index contributed by atoms with van der Waals surface area (Å²) in [5.74, 6) is -2.09. The lowest BCUT2D eigenvalue weighted by molar-refractivity contribution is -0.384. The number of aryl methyl sites for hydroxylation is 2. The van der Waals surface area contributed by atoms with Crippen LogP contribution in [-0.4, -0.2) is 26.7 Å². The molecule has 0 aliphatic carbocycles. The Morgan fingerprint density at radius 1 is 1.08 bits per heavy atom. The summed E-state index contributed by atoms with van der Waals surface area (Å²) in [5, 5.41) is 23.1. The first kappa shape index (κ1) is 23.7. The van der Waals surface area contributed by atoms with E-state index >= 15 is 0 Å². The van der Waals surface area contributed by atoms with Gasteiger partial charge in [0.25, 0.3) is 11.5 Å². The summed E-state index contributed by atoms with van der Waals surface area (Å²) in [6.45, 7) is 3.88. The van der Waals surface area contributed by atoms with Crippen LogP contribution in [0.15, 0.2) is 66.2 Å². The van der Waals surface area contributed by atoms with Gasteiger partial charge in [0, 0.05) is 22.7 Å². The molecule has 1 aromatic heterocycles. The van der Waals surface area contributed by atoms with E-state index < -0.39 is 22.7 Å². The second-order valence-electron chi connectivity index (χ2n) is 8.45. The molecular weight excluding hydrogens is 502 g/mol. The van der Waals surface area contributed by atoms with Crippen molar-refractivity contribution in [3.05, 3.63) is 104 Å². The van der Waals surface area contributed by atoms with Crippen molar-refractivity contribution in [3.8, 4) is 0 Å². The van der Waals surface area contributed by atoms with Crippen molar-refractivity contribution in [3.63, 3.8) is 0 Å². The molecule has 1 aliphatic rings. The number of hydrogen-bond donors (Lipinski definition) is 1. The normalized spacial score (nSPS) is 17.2. The highest BCUT2D eigenvalue weighted by molar-refractivity contribution is 7.22. The number of Topliss-reactive ketones (excluding diaryl/α,β-unsaturated/α-hetero) is 1. The van der Waals surface area contributed by atoms with Crippen LogP contribution in [-0.2, 0) is 9.59 Å². The lowest BCUT2D eigenvalue weighted by atomic mass is 9.95. The van der Waals surface area contributed by atoms with Gasteiger partial charge in [0.15, 0.2) is 5.13 Å². The van der Waals surface area contributed by atoms with Gasteiger partial charge in [-0.3, -0.25) is 24.6 Å². The van der Waals surface area contributed by atoms with Crippen LogP contribution in [0, 0.1) is 24.0 Å². The van der Waals surface area contributed by atoms with Gasteiger partial charge in [0.1, 0.15) is 5.76 Å². The van der Waals surface area contributed by atoms with Crippen LogP contribution in [0.3, 0.4) is 0 Å². The second-order valence-corrected chi connectivity index (χ2v) is 9.90. The Morgan fingerprint density at radius 3 is 2.39 bits per heavy atom. The van der Waals surface area contributed by atoms with E-state index in [0.717, 1.165) is 15.8 Å². The fourth-order valence-electron chi connectivity index (χ4n) is 4.35. The van der Waals surface area contributed by atoms with Gasteiger partial charge in [0.2, 0.25) is 0 Å². The van der Waals surface area contributed by atoms with E-state index in [4.69, 9.17) is 11.6 Å². The maximum absolute atomic E-state index is 13.4. The molecule has 2 heterocycles. The third kappa shape index (κ3) is 3.92. The molecule has 4 aromatic rings. The number of hydrogen-bond acceptors (Lipinski definition) is 7. The number of halogens is 1. The lowest BCUT2D eigenvalue weighted by Crippen LogP contribution is -2.29. The molecular formula is C26H18ClN3O5S. The SMILES string of the molecule is Cc1cc(C)c2nc(N3C(=O)C(=O)/C(=C(/O)c4ccc(Cl)cc4)C3c3ccc([N+](=O)[O-])cc3)sc2c1. The molecule has 1 saturated heterocycles. The highest BCUT2D eigenvalue weighted by atomic mass is 35.5. The first-order valence-electron chi connectivity index (χ1n) is 10.8. The number of nitro benzene ring substituents is 1. The predicted octanol–water partition coefficient (Wildman–Crippen LogP) is 6.10. The fourth-order valence-corrected chi connectivity index (χ4v) is 5.64. The minimum atomic E-state index is -1.04. The molecule has 10 heteroatoms. The maximum atomic E-state index is 13.4. The molecule has 3 aromatic carbocycles. The Bertz CT molecular complexity index is 1590. The number of fused-ring (bicyclic) bond motifs is 1. The number of carbonyl (C=O) groups excluding carboxylic acids is 2. The smallest absolute Gasteiger partial charge is 0.301 e. The summed E-state index contributed by atoms with van der Waals surface area (Å²) >= 11 is 7.23. The maximum Gasteiger partial charge on any atom is 0.301 e. The number of thiazole rings is 1. The number of carbonyl (C=O) groups is 2. The quantitative estimate of drug-likeness (QED) is 0.114. The number of aliphatic hydroxyl groups excluding tert-OH is 1. The number of nitro groups is 1. The van der Waals surface area contributed by atoms with Gasteiger partial charge in [0.05, 0.1) is 26.8 Å². The van der Waals surface area contributed by atoms with Gasteiger partial charge >= 0.3 is 5.91 Å². The number of non-ortho nitro benzene ring substituents is 1. The van der Waals surface area contributed by atoms with E-state index in [1.165, 1.54) is 40.5 Å². The molecule has 36 heavy (non-hydrogen) atoms. The Morgan fingerprint density at radius 2 is 1.75 bits per heavy atom. The number of ketones is 1. The average molecular weight is 520 g/mol. The number of aliphatic hydroxyl groups is 1. The van der Waals surface area contributed by atoms with E-state index in [0.29, 0.717) is 26.8 Å². The van der Waals surface area contributed by atoms with Crippen molar-refractivity contribution in [2.75, 3.05) is 4.90 Å². The van der Waals surface area contributed by atoms with E-state index in [-0.39, 0.29) is 17.0 Å². The first-order valence-corrected chi connectivity index (χ1v) is 12.0. The molecule has 1 amide bonds. The summed E-state index contributed by atoms with van der Waals surface area (Å²) in [5.41, 5.74) is 3.12. The molecule has 0 spiro atoms. The highest BCUT2D eigenvalue weighted by Crippen LogP contribution is 2.45. The van der Waals surface area contributed by atoms with Crippen molar-refractivity contribution in [1.29, 1.82) is 0 Å². The lowest BCUT2D eigenvalue weighted by Gasteiger charge is -2.22. The van der Waals surface area contributed by atoms with Crippen molar-refractivity contribution in [1.82, 2.24) is 4.98 Å². The second kappa shape index (κ2) is 8.85. The average Bonchev–Trinajstić information content (AvgIpc) is 3.38. The number of anilines is 1. The van der Waals surface area contributed by atoms with Crippen LogP contribution in [0.25, 0.3) is 16.0 Å². The third-order valence-electron chi connectivity index (χ3n) is 6.01. The van der Waals surface area contributed by atoms with Crippen molar-refractivity contribution in [2.24, 2.45) is 0 Å². The van der Waals surface area contributed by atoms with Crippen LogP contribution in [0.5, 0.6) is 0 Å². The topological polar surface area (TPSA) is 114 Å². The fraction of sp³-hybridized carbons (Fsp3) is 0.115. The zero-order valence-corrected chi connectivity index (χ0v) is 20.6. The van der Waals surface area contributed by atoms with E-state index in [1.54, 1.807) is 24.3 Å². The summed E-state index contributed by atoms with van der Waals surface area (Å²) in [6.07, 6.45) is 0. The Kier molecular flexibility index (Phi) is 5.82. The number of nitrogens with zero attached hydrogens (tertiary/aromatic N) is 3. The van der Waals surface area contributed by atoms with Crippen LogP contribution < -0.4 is 4.90 Å².